The Hall–Kier alpha value is -0.770. The molecule has 2 unspecified atom stereocenters. The molecular weight excluding hydrogens is 158 g/mol. The van der Waals surface area contributed by atoms with Crippen LogP contribution in [0.1, 0.15) is 39.5 Å². The summed E-state index contributed by atoms with van der Waals surface area (Å²) in [4.78, 5) is 0. The van der Waals surface area contributed by atoms with E-state index in [0.717, 1.165) is 11.8 Å². The third-order valence-corrected chi connectivity index (χ3v) is 4.05. The van der Waals surface area contributed by atoms with Crippen molar-refractivity contribution in [3.63, 3.8) is 0 Å². The van der Waals surface area contributed by atoms with Gasteiger partial charge in [0.25, 0.3) is 0 Å². The van der Waals surface area contributed by atoms with Gasteiger partial charge in [0.15, 0.2) is 0 Å². The summed E-state index contributed by atoms with van der Waals surface area (Å²) in [5.41, 5.74) is 1.96. The minimum absolute atomic E-state index is 0.389. The van der Waals surface area contributed by atoms with Crippen molar-refractivity contribution in [1.82, 2.24) is 0 Å². The third kappa shape index (κ3) is 1.20. The summed E-state index contributed by atoms with van der Waals surface area (Å²) in [6, 6.07) is 2.22. The highest BCUT2D eigenvalue weighted by Gasteiger charge is 2.48. The summed E-state index contributed by atoms with van der Waals surface area (Å²) in [7, 11) is 0. The maximum atomic E-state index is 8.57. The average Bonchev–Trinajstić information content (AvgIpc) is 2.60. The van der Waals surface area contributed by atoms with Crippen LogP contribution in [0.25, 0.3) is 0 Å². The zero-order valence-corrected chi connectivity index (χ0v) is 8.51. The van der Waals surface area contributed by atoms with Crippen molar-refractivity contribution in [2.24, 2.45) is 17.3 Å². The number of nitriles is 1. The Labute approximate surface area is 80.4 Å². The molecule has 0 saturated heterocycles. The van der Waals surface area contributed by atoms with Crippen LogP contribution in [0.5, 0.6) is 0 Å². The van der Waals surface area contributed by atoms with Gasteiger partial charge in [-0.25, -0.2) is 0 Å². The first-order valence-corrected chi connectivity index (χ1v) is 5.23. The van der Waals surface area contributed by atoms with Gasteiger partial charge in [-0.1, -0.05) is 25.5 Å². The predicted octanol–water partition coefficient (Wildman–Crippen LogP) is 3.28. The Bertz CT molecular complexity index is 280. The monoisotopic (exact) mass is 175 g/mol. The average molecular weight is 175 g/mol. The molecule has 0 aromatic carbocycles. The molecule has 0 spiro atoms. The van der Waals surface area contributed by atoms with Gasteiger partial charge in [-0.15, -0.1) is 0 Å². The van der Waals surface area contributed by atoms with E-state index >= 15 is 0 Å². The predicted molar refractivity (Wildman–Crippen MR) is 52.9 cm³/mol. The molecule has 0 N–H and O–H groups in total. The van der Waals surface area contributed by atoms with Gasteiger partial charge in [-0.05, 0) is 36.5 Å². The van der Waals surface area contributed by atoms with Gasteiger partial charge < -0.3 is 0 Å². The second kappa shape index (κ2) is 2.87. The lowest BCUT2D eigenvalue weighted by Crippen LogP contribution is -2.22. The highest BCUT2D eigenvalue weighted by molar-refractivity contribution is 5.26. The normalized spacial score (nSPS) is 38.1. The van der Waals surface area contributed by atoms with Gasteiger partial charge in [0.2, 0.25) is 0 Å². The van der Waals surface area contributed by atoms with Crippen LogP contribution in [0, 0.1) is 28.6 Å². The van der Waals surface area contributed by atoms with Crippen LogP contribution in [0.3, 0.4) is 0 Å². The zero-order valence-electron chi connectivity index (χ0n) is 8.51. The second-order valence-corrected chi connectivity index (χ2v) is 4.95. The minimum Gasteiger partial charge on any atom is -0.198 e. The zero-order chi connectivity index (χ0) is 9.47. The van der Waals surface area contributed by atoms with Crippen molar-refractivity contribution in [1.29, 1.82) is 5.26 Å². The van der Waals surface area contributed by atoms with Gasteiger partial charge in [-0.3, -0.25) is 0 Å². The van der Waals surface area contributed by atoms with E-state index in [2.05, 4.69) is 26.0 Å². The van der Waals surface area contributed by atoms with Crippen molar-refractivity contribution in [3.05, 3.63) is 11.6 Å². The molecule has 0 aromatic heterocycles. The Morgan fingerprint density at radius 3 is 2.85 bits per heavy atom. The molecule has 2 aliphatic carbocycles. The molecule has 1 nitrogen and oxygen atoms in total. The number of allylic oxidation sites excluding steroid dienone is 2. The number of nitrogens with zero attached hydrogens (tertiary/aromatic N) is 1. The second-order valence-electron chi connectivity index (χ2n) is 4.95. The summed E-state index contributed by atoms with van der Waals surface area (Å²) in [5, 5.41) is 8.57. The molecule has 0 heterocycles. The van der Waals surface area contributed by atoms with Gasteiger partial charge in [0.1, 0.15) is 0 Å². The third-order valence-electron chi connectivity index (χ3n) is 4.05. The quantitative estimate of drug-likeness (QED) is 0.561. The molecular formula is C12H17N. The minimum atomic E-state index is 0.389. The summed E-state index contributed by atoms with van der Waals surface area (Å²) in [5.74, 6) is 1.70. The van der Waals surface area contributed by atoms with Crippen molar-refractivity contribution >= 4 is 0 Å². The molecule has 2 aliphatic rings. The van der Waals surface area contributed by atoms with Crippen LogP contribution < -0.4 is 0 Å². The van der Waals surface area contributed by atoms with Crippen LogP contribution in [-0.4, -0.2) is 0 Å². The molecule has 0 radical (unpaired) electrons. The summed E-state index contributed by atoms with van der Waals surface area (Å²) < 4.78 is 0. The Morgan fingerprint density at radius 1 is 1.54 bits per heavy atom. The fourth-order valence-corrected chi connectivity index (χ4v) is 3.27. The first-order valence-electron chi connectivity index (χ1n) is 5.23. The molecule has 13 heavy (non-hydrogen) atoms. The number of hydrogen-bond donors (Lipinski definition) is 0. The Kier molecular flexibility index (Phi) is 1.95. The van der Waals surface area contributed by atoms with Gasteiger partial charge >= 0.3 is 0 Å². The maximum absolute atomic E-state index is 8.57. The van der Waals surface area contributed by atoms with Crippen LogP contribution in [-0.2, 0) is 0 Å². The van der Waals surface area contributed by atoms with E-state index in [1.54, 1.807) is 5.57 Å². The van der Waals surface area contributed by atoms with Crippen molar-refractivity contribution < 1.29 is 0 Å². The lowest BCUT2D eigenvalue weighted by Gasteiger charge is -2.32. The van der Waals surface area contributed by atoms with E-state index in [-0.39, 0.29) is 0 Å². The smallest absolute Gasteiger partial charge is 0.0663 e. The summed E-state index contributed by atoms with van der Waals surface area (Å²) in [6.45, 7) is 4.69. The highest BCUT2D eigenvalue weighted by Crippen LogP contribution is 2.58. The van der Waals surface area contributed by atoms with Gasteiger partial charge in [0, 0.05) is 0 Å². The van der Waals surface area contributed by atoms with Crippen LogP contribution in [0.4, 0.5) is 0 Å². The first-order chi connectivity index (χ1) is 6.16. The van der Waals surface area contributed by atoms with E-state index < -0.39 is 0 Å². The molecule has 2 rings (SSSR count). The van der Waals surface area contributed by atoms with Crippen molar-refractivity contribution in [3.8, 4) is 6.07 Å². The van der Waals surface area contributed by atoms with E-state index in [1.165, 1.54) is 19.3 Å². The molecule has 70 valence electrons. The van der Waals surface area contributed by atoms with Crippen molar-refractivity contribution in [2.45, 2.75) is 39.5 Å². The van der Waals surface area contributed by atoms with E-state index in [9.17, 15) is 0 Å². The lowest BCUT2D eigenvalue weighted by molar-refractivity contribution is 0.287. The summed E-state index contributed by atoms with van der Waals surface area (Å²) >= 11 is 0. The molecule has 2 bridgehead atoms. The summed E-state index contributed by atoms with van der Waals surface area (Å²) in [6.07, 6.45) is 6.93. The lowest BCUT2D eigenvalue weighted by atomic mass is 9.72. The highest BCUT2D eigenvalue weighted by atomic mass is 14.5. The molecule has 0 aliphatic heterocycles. The van der Waals surface area contributed by atoms with Crippen LogP contribution in [0.15, 0.2) is 11.6 Å². The van der Waals surface area contributed by atoms with E-state index in [0.29, 0.717) is 11.8 Å². The van der Waals surface area contributed by atoms with Crippen LogP contribution in [0.2, 0.25) is 0 Å². The number of rotatable bonds is 1. The molecule has 0 amide bonds. The number of hydrogen-bond acceptors (Lipinski definition) is 1. The Morgan fingerprint density at radius 2 is 2.31 bits per heavy atom. The fourth-order valence-electron chi connectivity index (χ4n) is 3.27. The Balaban J connectivity index is 2.24. The van der Waals surface area contributed by atoms with Crippen LogP contribution >= 0.6 is 0 Å². The largest absolute Gasteiger partial charge is 0.198 e. The number of fused-ring (bicyclic) bond motifs is 2. The van der Waals surface area contributed by atoms with E-state index in [4.69, 9.17) is 5.26 Å². The maximum Gasteiger partial charge on any atom is 0.0663 e. The fraction of sp³-hybridized carbons (Fsp3) is 0.750. The molecule has 2 atom stereocenters. The molecule has 2 fully saturated rings. The SMILES string of the molecule is CC1(C)/C(=C/CC#N)C2CCC1C2. The van der Waals surface area contributed by atoms with Gasteiger partial charge in [-0.2, -0.15) is 5.26 Å². The molecule has 0 aromatic rings. The topological polar surface area (TPSA) is 23.8 Å². The van der Waals surface area contributed by atoms with E-state index in [1.807, 2.05) is 0 Å². The molecule has 2 saturated carbocycles. The first kappa shape index (κ1) is 8.81. The van der Waals surface area contributed by atoms with Gasteiger partial charge in [0.05, 0.1) is 12.5 Å². The van der Waals surface area contributed by atoms with Crippen molar-refractivity contribution in [2.75, 3.05) is 0 Å². The molecule has 1 heteroatoms. The standard InChI is InChI=1S/C12H17N/c1-12(2)10-6-5-9(8-10)11(12)4-3-7-13/h4,9-10H,3,5-6,8H2,1-2H3/b11-4+.